The van der Waals surface area contributed by atoms with Crippen LogP contribution in [0.25, 0.3) is 6.08 Å². The molecule has 1 saturated heterocycles. The first-order chi connectivity index (χ1) is 9.95. The van der Waals surface area contributed by atoms with Crippen LogP contribution in [0.4, 0.5) is 4.79 Å². The third kappa shape index (κ3) is 2.99. The Balaban J connectivity index is 2.48. The first-order valence-corrected chi connectivity index (χ1v) is 6.65. The van der Waals surface area contributed by atoms with Crippen molar-refractivity contribution in [2.45, 2.75) is 0 Å². The Morgan fingerprint density at radius 2 is 1.81 bits per heavy atom. The molecule has 1 aromatic carbocycles. The Bertz CT molecular complexity index is 663. The molecule has 0 unspecified atom stereocenters. The number of hydrogen-bond acceptors (Lipinski definition) is 3. The summed E-state index contributed by atoms with van der Waals surface area (Å²) in [6, 6.07) is 4.02. The van der Waals surface area contributed by atoms with Gasteiger partial charge in [-0.25, -0.2) is 4.79 Å². The first-order valence-electron chi connectivity index (χ1n) is 5.89. The highest BCUT2D eigenvalue weighted by molar-refractivity contribution is 6.38. The standard InChI is InChI=1S/C14H10Cl2N2O3/c1-2-6-18-13(20)9(12(19)17-14(18)21)7-8-10(15)4-3-5-11(8)16/h2-5,7H,1,6H2,(H,17,19,21)/b9-7+. The molecule has 108 valence electrons. The summed E-state index contributed by atoms with van der Waals surface area (Å²) < 4.78 is 0. The molecule has 0 radical (unpaired) electrons. The summed E-state index contributed by atoms with van der Waals surface area (Å²) in [5, 5.41) is 2.67. The molecule has 1 aliphatic heterocycles. The number of rotatable bonds is 3. The zero-order chi connectivity index (χ0) is 15.6. The van der Waals surface area contributed by atoms with E-state index >= 15 is 0 Å². The molecule has 1 N–H and O–H groups in total. The fourth-order valence-corrected chi connectivity index (χ4v) is 2.29. The highest BCUT2D eigenvalue weighted by atomic mass is 35.5. The molecule has 1 aromatic rings. The average Bonchev–Trinajstić information content (AvgIpc) is 2.42. The molecule has 2 rings (SSSR count). The molecule has 7 heteroatoms. The fourth-order valence-electron chi connectivity index (χ4n) is 1.78. The molecular formula is C14H10Cl2N2O3. The van der Waals surface area contributed by atoms with Gasteiger partial charge in [0, 0.05) is 22.2 Å². The monoisotopic (exact) mass is 324 g/mol. The van der Waals surface area contributed by atoms with Crippen LogP contribution in [-0.2, 0) is 9.59 Å². The predicted molar refractivity (Wildman–Crippen MR) is 79.9 cm³/mol. The number of imide groups is 2. The minimum absolute atomic E-state index is 0.00839. The number of hydrogen-bond donors (Lipinski definition) is 1. The summed E-state index contributed by atoms with van der Waals surface area (Å²) in [5.41, 5.74) is 0.124. The van der Waals surface area contributed by atoms with E-state index in [-0.39, 0.29) is 12.1 Å². The van der Waals surface area contributed by atoms with Gasteiger partial charge in [0.15, 0.2) is 0 Å². The number of carbonyl (C=O) groups is 3. The molecule has 0 saturated carbocycles. The van der Waals surface area contributed by atoms with Crippen LogP contribution in [0.1, 0.15) is 5.56 Å². The van der Waals surface area contributed by atoms with Gasteiger partial charge in [-0.3, -0.25) is 19.8 Å². The quantitative estimate of drug-likeness (QED) is 0.528. The van der Waals surface area contributed by atoms with Crippen molar-refractivity contribution in [3.8, 4) is 0 Å². The lowest BCUT2D eigenvalue weighted by atomic mass is 10.1. The van der Waals surface area contributed by atoms with Crippen LogP contribution in [-0.4, -0.2) is 29.3 Å². The summed E-state index contributed by atoms with van der Waals surface area (Å²) >= 11 is 12.0. The Morgan fingerprint density at radius 3 is 2.38 bits per heavy atom. The van der Waals surface area contributed by atoms with Crippen LogP contribution in [0.3, 0.4) is 0 Å². The molecule has 5 nitrogen and oxygen atoms in total. The Labute approximate surface area is 130 Å². The SMILES string of the molecule is C=CCN1C(=O)NC(=O)/C(=C\c2c(Cl)cccc2Cl)C1=O. The molecule has 4 amide bonds. The van der Waals surface area contributed by atoms with Crippen LogP contribution in [0, 0.1) is 0 Å². The maximum atomic E-state index is 12.2. The first kappa shape index (κ1) is 15.3. The van der Waals surface area contributed by atoms with Crippen molar-refractivity contribution in [1.82, 2.24) is 10.2 Å². The van der Waals surface area contributed by atoms with E-state index in [9.17, 15) is 14.4 Å². The van der Waals surface area contributed by atoms with Crippen molar-refractivity contribution in [2.75, 3.05) is 6.54 Å². The van der Waals surface area contributed by atoms with E-state index in [1.807, 2.05) is 0 Å². The number of benzene rings is 1. The van der Waals surface area contributed by atoms with Crippen LogP contribution < -0.4 is 5.32 Å². The number of amides is 4. The number of urea groups is 1. The van der Waals surface area contributed by atoms with Crippen molar-refractivity contribution in [1.29, 1.82) is 0 Å². The largest absolute Gasteiger partial charge is 0.331 e. The second kappa shape index (κ2) is 6.11. The maximum absolute atomic E-state index is 12.2. The molecular weight excluding hydrogens is 315 g/mol. The summed E-state index contributed by atoms with van der Waals surface area (Å²) in [5.74, 6) is -1.51. The van der Waals surface area contributed by atoms with E-state index in [0.29, 0.717) is 15.6 Å². The van der Waals surface area contributed by atoms with E-state index in [4.69, 9.17) is 23.2 Å². The van der Waals surface area contributed by atoms with Crippen LogP contribution >= 0.6 is 23.2 Å². The van der Waals surface area contributed by atoms with E-state index in [2.05, 4.69) is 11.9 Å². The minimum atomic E-state index is -0.790. The van der Waals surface area contributed by atoms with Gasteiger partial charge in [0.2, 0.25) is 0 Å². The van der Waals surface area contributed by atoms with Crippen LogP contribution in [0.5, 0.6) is 0 Å². The van der Waals surface area contributed by atoms with Gasteiger partial charge in [0.25, 0.3) is 11.8 Å². The van der Waals surface area contributed by atoms with Gasteiger partial charge < -0.3 is 0 Å². The van der Waals surface area contributed by atoms with E-state index in [1.54, 1.807) is 18.2 Å². The highest BCUT2D eigenvalue weighted by Crippen LogP contribution is 2.27. The normalized spacial score (nSPS) is 17.1. The molecule has 21 heavy (non-hydrogen) atoms. The summed E-state index contributed by atoms with van der Waals surface area (Å²) in [4.78, 5) is 36.5. The third-order valence-electron chi connectivity index (χ3n) is 2.79. The molecule has 0 spiro atoms. The molecule has 0 aromatic heterocycles. The van der Waals surface area contributed by atoms with E-state index in [1.165, 1.54) is 12.2 Å². The van der Waals surface area contributed by atoms with Crippen molar-refractivity contribution in [2.24, 2.45) is 0 Å². The number of halogens is 2. The topological polar surface area (TPSA) is 66.5 Å². The minimum Gasteiger partial charge on any atom is -0.273 e. The molecule has 0 atom stereocenters. The number of nitrogens with one attached hydrogen (secondary N) is 1. The predicted octanol–water partition coefficient (Wildman–Crippen LogP) is 2.64. The summed E-state index contributed by atoms with van der Waals surface area (Å²) in [6.07, 6.45) is 2.65. The smallest absolute Gasteiger partial charge is 0.273 e. The van der Waals surface area contributed by atoms with Crippen molar-refractivity contribution >= 4 is 47.1 Å². The van der Waals surface area contributed by atoms with Crippen molar-refractivity contribution in [3.05, 3.63) is 52.0 Å². The van der Waals surface area contributed by atoms with Gasteiger partial charge >= 0.3 is 6.03 Å². The lowest BCUT2D eigenvalue weighted by Gasteiger charge is -2.25. The van der Waals surface area contributed by atoms with Crippen molar-refractivity contribution in [3.63, 3.8) is 0 Å². The van der Waals surface area contributed by atoms with Crippen LogP contribution in [0.2, 0.25) is 10.0 Å². The Hall–Kier alpha value is -2.11. The van der Waals surface area contributed by atoms with Crippen molar-refractivity contribution < 1.29 is 14.4 Å². The average molecular weight is 325 g/mol. The van der Waals surface area contributed by atoms with E-state index in [0.717, 1.165) is 4.90 Å². The molecule has 0 aliphatic carbocycles. The second-order valence-electron chi connectivity index (χ2n) is 4.16. The van der Waals surface area contributed by atoms with Crippen LogP contribution in [0.15, 0.2) is 36.4 Å². The lowest BCUT2D eigenvalue weighted by Crippen LogP contribution is -2.54. The number of barbiturate groups is 1. The van der Waals surface area contributed by atoms with Gasteiger partial charge in [-0.05, 0) is 18.2 Å². The van der Waals surface area contributed by atoms with Gasteiger partial charge in [-0.1, -0.05) is 35.3 Å². The van der Waals surface area contributed by atoms with Gasteiger partial charge in [0.1, 0.15) is 5.57 Å². The Kier molecular flexibility index (Phi) is 4.45. The zero-order valence-corrected chi connectivity index (χ0v) is 12.2. The highest BCUT2D eigenvalue weighted by Gasteiger charge is 2.35. The number of nitrogens with zero attached hydrogens (tertiary/aromatic N) is 1. The summed E-state index contributed by atoms with van der Waals surface area (Å²) in [7, 11) is 0. The lowest BCUT2D eigenvalue weighted by molar-refractivity contribution is -0.129. The third-order valence-corrected chi connectivity index (χ3v) is 3.45. The molecule has 1 fully saturated rings. The van der Waals surface area contributed by atoms with Gasteiger partial charge in [0.05, 0.1) is 0 Å². The van der Waals surface area contributed by atoms with Gasteiger partial charge in [-0.2, -0.15) is 0 Å². The Morgan fingerprint density at radius 1 is 1.19 bits per heavy atom. The fraction of sp³-hybridized carbons (Fsp3) is 0.0714. The molecule has 1 aliphatic rings. The zero-order valence-electron chi connectivity index (χ0n) is 10.7. The second-order valence-corrected chi connectivity index (χ2v) is 4.97. The number of carbonyl (C=O) groups excluding carboxylic acids is 3. The molecule has 1 heterocycles. The maximum Gasteiger partial charge on any atom is 0.331 e. The van der Waals surface area contributed by atoms with Gasteiger partial charge in [-0.15, -0.1) is 6.58 Å². The van der Waals surface area contributed by atoms with E-state index < -0.39 is 17.8 Å². The summed E-state index contributed by atoms with van der Waals surface area (Å²) in [6.45, 7) is 3.45. The molecule has 0 bridgehead atoms.